The molecular weight excluding hydrogens is 378 g/mol. The number of para-hydroxylation sites is 1. The van der Waals surface area contributed by atoms with Gasteiger partial charge in [-0.15, -0.1) is 0 Å². The fourth-order valence-corrected chi connectivity index (χ4v) is 5.01. The molecule has 2 aromatic carbocycles. The molecule has 0 N–H and O–H groups in total. The number of benzene rings is 2. The molecule has 3 aliphatic heterocycles. The standard InChI is InChI=1S/C21H20ClN3O3/c1-28-14-9-7-13(8-10-14)18-17-19(24-12-4-11-23(18)24)21(27)25(20(17)26)16-6-3-2-5-15(16)22/h2-3,5-10,17-19H,4,11-12H2,1H3/t17-,18-,19+/m1/s1. The Morgan fingerprint density at radius 1 is 0.929 bits per heavy atom. The number of hydrogen-bond acceptors (Lipinski definition) is 5. The lowest BCUT2D eigenvalue weighted by Crippen LogP contribution is -2.44. The van der Waals surface area contributed by atoms with Crippen LogP contribution in [0.15, 0.2) is 48.5 Å². The van der Waals surface area contributed by atoms with E-state index in [0.717, 1.165) is 30.8 Å². The summed E-state index contributed by atoms with van der Waals surface area (Å²) in [6.07, 6.45) is 0.976. The van der Waals surface area contributed by atoms with Gasteiger partial charge in [-0.3, -0.25) is 9.59 Å². The topological polar surface area (TPSA) is 53.1 Å². The second-order valence-electron chi connectivity index (χ2n) is 7.33. The second kappa shape index (κ2) is 6.58. The molecule has 0 spiro atoms. The summed E-state index contributed by atoms with van der Waals surface area (Å²) in [5.41, 5.74) is 1.48. The first kappa shape index (κ1) is 17.7. The van der Waals surface area contributed by atoms with E-state index in [4.69, 9.17) is 16.3 Å². The van der Waals surface area contributed by atoms with Crippen LogP contribution in [0.3, 0.4) is 0 Å². The van der Waals surface area contributed by atoms with Crippen molar-refractivity contribution in [2.75, 3.05) is 25.1 Å². The zero-order valence-corrected chi connectivity index (χ0v) is 16.2. The van der Waals surface area contributed by atoms with Gasteiger partial charge in [-0.25, -0.2) is 14.9 Å². The lowest BCUT2D eigenvalue weighted by atomic mass is 9.90. The van der Waals surface area contributed by atoms with Crippen LogP contribution in [0.25, 0.3) is 0 Å². The minimum absolute atomic E-state index is 0.164. The second-order valence-corrected chi connectivity index (χ2v) is 7.74. The lowest BCUT2D eigenvalue weighted by Gasteiger charge is -2.30. The fourth-order valence-electron chi connectivity index (χ4n) is 4.78. The van der Waals surface area contributed by atoms with Gasteiger partial charge >= 0.3 is 0 Å². The van der Waals surface area contributed by atoms with E-state index >= 15 is 0 Å². The van der Waals surface area contributed by atoms with Crippen LogP contribution >= 0.6 is 11.6 Å². The number of imide groups is 1. The third-order valence-electron chi connectivity index (χ3n) is 5.96. The number of ether oxygens (including phenoxy) is 1. The van der Waals surface area contributed by atoms with Gasteiger partial charge in [0.25, 0.3) is 5.91 Å². The number of hydrazine groups is 1. The zero-order valence-electron chi connectivity index (χ0n) is 15.4. The van der Waals surface area contributed by atoms with Crippen molar-refractivity contribution in [1.82, 2.24) is 10.0 Å². The number of halogens is 1. The van der Waals surface area contributed by atoms with Crippen molar-refractivity contribution in [3.8, 4) is 5.75 Å². The van der Waals surface area contributed by atoms with E-state index in [-0.39, 0.29) is 17.9 Å². The number of rotatable bonds is 3. The van der Waals surface area contributed by atoms with Crippen LogP contribution < -0.4 is 9.64 Å². The number of methoxy groups -OCH3 is 1. The Labute approximate surface area is 168 Å². The first-order valence-corrected chi connectivity index (χ1v) is 9.79. The zero-order chi connectivity index (χ0) is 19.4. The summed E-state index contributed by atoms with van der Waals surface area (Å²) in [5, 5.41) is 4.68. The predicted octanol–water partition coefficient (Wildman–Crippen LogP) is 2.88. The molecule has 0 bridgehead atoms. The molecule has 5 rings (SSSR count). The van der Waals surface area contributed by atoms with Gasteiger partial charge in [0.15, 0.2) is 0 Å². The number of carbonyl (C=O) groups excluding carboxylic acids is 2. The number of anilines is 1. The van der Waals surface area contributed by atoms with Gasteiger partial charge in [0.2, 0.25) is 5.91 Å². The third-order valence-corrected chi connectivity index (χ3v) is 6.28. The van der Waals surface area contributed by atoms with Crippen LogP contribution in [0.4, 0.5) is 5.69 Å². The molecule has 144 valence electrons. The predicted molar refractivity (Wildman–Crippen MR) is 105 cm³/mol. The van der Waals surface area contributed by atoms with E-state index in [1.165, 1.54) is 4.90 Å². The Kier molecular flexibility index (Phi) is 4.16. The van der Waals surface area contributed by atoms with Crippen LogP contribution in [0, 0.1) is 5.92 Å². The van der Waals surface area contributed by atoms with Gasteiger partial charge in [-0.2, -0.15) is 0 Å². The molecule has 0 aliphatic carbocycles. The average molecular weight is 398 g/mol. The van der Waals surface area contributed by atoms with Crippen molar-refractivity contribution < 1.29 is 14.3 Å². The highest BCUT2D eigenvalue weighted by atomic mass is 35.5. The molecule has 2 aromatic rings. The van der Waals surface area contributed by atoms with E-state index in [1.54, 1.807) is 31.4 Å². The van der Waals surface area contributed by atoms with Gasteiger partial charge in [-0.1, -0.05) is 35.9 Å². The van der Waals surface area contributed by atoms with E-state index in [9.17, 15) is 9.59 Å². The van der Waals surface area contributed by atoms with Gasteiger partial charge in [0.1, 0.15) is 11.8 Å². The van der Waals surface area contributed by atoms with Crippen molar-refractivity contribution in [3.63, 3.8) is 0 Å². The quantitative estimate of drug-likeness (QED) is 0.745. The summed E-state index contributed by atoms with van der Waals surface area (Å²) < 4.78 is 5.26. The highest BCUT2D eigenvalue weighted by molar-refractivity contribution is 6.36. The van der Waals surface area contributed by atoms with Crippen LogP contribution in [-0.2, 0) is 9.59 Å². The van der Waals surface area contributed by atoms with Crippen molar-refractivity contribution in [3.05, 3.63) is 59.1 Å². The van der Waals surface area contributed by atoms with Crippen LogP contribution in [0.2, 0.25) is 5.02 Å². The van der Waals surface area contributed by atoms with E-state index in [2.05, 4.69) is 10.0 Å². The molecule has 0 radical (unpaired) electrons. The Morgan fingerprint density at radius 3 is 2.29 bits per heavy atom. The van der Waals surface area contributed by atoms with Crippen LogP contribution in [0.5, 0.6) is 5.75 Å². The monoisotopic (exact) mass is 397 g/mol. The van der Waals surface area contributed by atoms with Gasteiger partial charge < -0.3 is 4.74 Å². The Balaban J connectivity index is 1.58. The van der Waals surface area contributed by atoms with E-state index in [1.807, 2.05) is 24.3 Å². The lowest BCUT2D eigenvalue weighted by molar-refractivity contribution is -0.126. The molecule has 7 heteroatoms. The molecule has 6 nitrogen and oxygen atoms in total. The SMILES string of the molecule is COc1ccc([C@@H]2[C@H]3C(=O)N(c4ccccc4Cl)C(=O)[C@H]3N3CCCN23)cc1. The maximum Gasteiger partial charge on any atom is 0.253 e. The number of hydrogen-bond donors (Lipinski definition) is 0. The minimum Gasteiger partial charge on any atom is -0.497 e. The highest BCUT2D eigenvalue weighted by Crippen LogP contribution is 2.49. The summed E-state index contributed by atoms with van der Waals surface area (Å²) in [7, 11) is 1.63. The molecule has 3 saturated heterocycles. The number of amides is 2. The van der Waals surface area contributed by atoms with Crippen molar-refractivity contribution in [1.29, 1.82) is 0 Å². The molecule has 3 fully saturated rings. The molecular formula is C21H20ClN3O3. The Morgan fingerprint density at radius 2 is 1.61 bits per heavy atom. The molecule has 2 amide bonds. The smallest absolute Gasteiger partial charge is 0.253 e. The van der Waals surface area contributed by atoms with Gasteiger partial charge in [0.05, 0.1) is 29.8 Å². The summed E-state index contributed by atoms with van der Waals surface area (Å²) in [6.45, 7) is 1.62. The molecule has 3 aliphatic rings. The van der Waals surface area contributed by atoms with Crippen LogP contribution in [-0.4, -0.2) is 48.1 Å². The Hall–Kier alpha value is -2.41. The fraction of sp³-hybridized carbons (Fsp3) is 0.333. The molecule has 0 unspecified atom stereocenters. The molecule has 0 saturated carbocycles. The van der Waals surface area contributed by atoms with Crippen molar-refractivity contribution >= 4 is 29.1 Å². The number of nitrogens with zero attached hydrogens (tertiary/aromatic N) is 3. The summed E-state index contributed by atoms with van der Waals surface area (Å²) in [4.78, 5) is 28.1. The van der Waals surface area contributed by atoms with Gasteiger partial charge in [0, 0.05) is 13.1 Å². The molecule has 28 heavy (non-hydrogen) atoms. The summed E-state index contributed by atoms with van der Waals surface area (Å²) in [6, 6.07) is 14.1. The molecule has 3 heterocycles. The van der Waals surface area contributed by atoms with Crippen molar-refractivity contribution in [2.45, 2.75) is 18.5 Å². The van der Waals surface area contributed by atoms with Gasteiger partial charge in [-0.05, 0) is 36.2 Å². The van der Waals surface area contributed by atoms with Crippen molar-refractivity contribution in [2.24, 2.45) is 5.92 Å². The molecule has 0 aromatic heterocycles. The Bertz CT molecular complexity index is 948. The summed E-state index contributed by atoms with van der Waals surface area (Å²) in [5.74, 6) is -0.0510. The number of fused-ring (bicyclic) bond motifs is 3. The van der Waals surface area contributed by atoms with E-state index in [0.29, 0.717) is 10.7 Å². The third kappa shape index (κ3) is 2.42. The first-order chi connectivity index (χ1) is 13.6. The summed E-state index contributed by atoms with van der Waals surface area (Å²) >= 11 is 6.31. The normalized spacial score (nSPS) is 27.4. The van der Waals surface area contributed by atoms with Crippen LogP contribution in [0.1, 0.15) is 18.0 Å². The highest BCUT2D eigenvalue weighted by Gasteiger charge is 2.63. The largest absolute Gasteiger partial charge is 0.497 e. The first-order valence-electron chi connectivity index (χ1n) is 9.41. The minimum atomic E-state index is -0.474. The molecule has 3 atom stereocenters. The average Bonchev–Trinajstić information content (AvgIpc) is 3.35. The maximum absolute atomic E-state index is 13.5. The maximum atomic E-state index is 13.5. The van der Waals surface area contributed by atoms with E-state index < -0.39 is 12.0 Å². The number of carbonyl (C=O) groups is 2.